The molecule has 4 heteroatoms. The predicted octanol–water partition coefficient (Wildman–Crippen LogP) is 4.76. The highest BCUT2D eigenvalue weighted by Gasteiger charge is 2.02. The first-order valence-corrected chi connectivity index (χ1v) is 8.06. The van der Waals surface area contributed by atoms with Crippen molar-refractivity contribution in [3.63, 3.8) is 0 Å². The second kappa shape index (κ2) is 7.13. The lowest BCUT2D eigenvalue weighted by Gasteiger charge is -2.11. The van der Waals surface area contributed by atoms with Crippen LogP contribution < -0.4 is 10.6 Å². The maximum absolute atomic E-state index is 4.30. The van der Waals surface area contributed by atoms with Crippen LogP contribution in [0.5, 0.6) is 0 Å². The number of aryl methyl sites for hydroxylation is 3. The molecule has 0 saturated carbocycles. The summed E-state index contributed by atoms with van der Waals surface area (Å²) in [6.07, 6.45) is 1.57. The summed E-state index contributed by atoms with van der Waals surface area (Å²) >= 11 is 0. The lowest BCUT2D eigenvalue weighted by Crippen LogP contribution is -2.04. The van der Waals surface area contributed by atoms with Gasteiger partial charge in [0.05, 0.1) is 0 Å². The lowest BCUT2D eigenvalue weighted by atomic mass is 10.1. The summed E-state index contributed by atoms with van der Waals surface area (Å²) in [6.45, 7) is 7.07. The fraction of sp³-hybridized carbons (Fsp3) is 0.200. The van der Waals surface area contributed by atoms with Gasteiger partial charge in [-0.2, -0.15) is 0 Å². The van der Waals surface area contributed by atoms with Gasteiger partial charge in [0.2, 0.25) is 0 Å². The predicted molar refractivity (Wildman–Crippen MR) is 99.7 cm³/mol. The Balaban J connectivity index is 1.69. The van der Waals surface area contributed by atoms with Crippen molar-refractivity contribution in [2.24, 2.45) is 0 Å². The Morgan fingerprint density at radius 2 is 1.58 bits per heavy atom. The number of rotatable bonds is 5. The number of nitrogens with zero attached hydrogens (tertiary/aromatic N) is 2. The van der Waals surface area contributed by atoms with Crippen LogP contribution in [0.3, 0.4) is 0 Å². The van der Waals surface area contributed by atoms with E-state index in [1.165, 1.54) is 22.3 Å². The normalized spacial score (nSPS) is 10.5. The van der Waals surface area contributed by atoms with Gasteiger partial charge in [-0.3, -0.25) is 0 Å². The number of aromatic nitrogens is 2. The van der Waals surface area contributed by atoms with Gasteiger partial charge < -0.3 is 10.6 Å². The molecule has 4 nitrogen and oxygen atoms in total. The molecule has 122 valence electrons. The molecule has 0 unspecified atom stereocenters. The van der Waals surface area contributed by atoms with E-state index < -0.39 is 0 Å². The molecule has 0 spiro atoms. The third kappa shape index (κ3) is 3.90. The average Bonchev–Trinajstić information content (AvgIpc) is 2.58. The molecular weight excluding hydrogens is 296 g/mol. The van der Waals surface area contributed by atoms with Crippen LogP contribution in [0.4, 0.5) is 17.3 Å². The Kier molecular flexibility index (Phi) is 4.75. The van der Waals surface area contributed by atoms with Crippen molar-refractivity contribution in [3.05, 3.63) is 77.1 Å². The monoisotopic (exact) mass is 318 g/mol. The van der Waals surface area contributed by atoms with Crippen LogP contribution in [0.25, 0.3) is 0 Å². The van der Waals surface area contributed by atoms with Gasteiger partial charge in [-0.25, -0.2) is 9.97 Å². The zero-order chi connectivity index (χ0) is 16.9. The second-order valence-corrected chi connectivity index (χ2v) is 5.99. The van der Waals surface area contributed by atoms with Crippen LogP contribution >= 0.6 is 0 Å². The van der Waals surface area contributed by atoms with Crippen LogP contribution in [-0.2, 0) is 6.54 Å². The minimum absolute atomic E-state index is 0.743. The van der Waals surface area contributed by atoms with Gasteiger partial charge in [0, 0.05) is 18.3 Å². The van der Waals surface area contributed by atoms with E-state index in [4.69, 9.17) is 0 Å². The minimum Gasteiger partial charge on any atom is -0.366 e. The molecule has 1 aromatic heterocycles. The van der Waals surface area contributed by atoms with Gasteiger partial charge in [-0.1, -0.05) is 30.3 Å². The zero-order valence-corrected chi connectivity index (χ0v) is 14.3. The molecule has 1 heterocycles. The maximum atomic E-state index is 4.30. The smallest absolute Gasteiger partial charge is 0.135 e. The molecule has 0 fully saturated rings. The Morgan fingerprint density at radius 3 is 2.38 bits per heavy atom. The molecule has 3 rings (SSSR count). The fourth-order valence-electron chi connectivity index (χ4n) is 2.48. The van der Waals surface area contributed by atoms with Gasteiger partial charge in [0.15, 0.2) is 0 Å². The topological polar surface area (TPSA) is 49.8 Å². The molecule has 0 aliphatic rings. The molecule has 3 aromatic rings. The first-order valence-electron chi connectivity index (χ1n) is 8.06. The highest BCUT2D eigenvalue weighted by molar-refractivity contribution is 5.60. The summed E-state index contributed by atoms with van der Waals surface area (Å²) in [7, 11) is 0. The van der Waals surface area contributed by atoms with Crippen molar-refractivity contribution in [2.45, 2.75) is 27.3 Å². The van der Waals surface area contributed by atoms with E-state index >= 15 is 0 Å². The highest BCUT2D eigenvalue weighted by Crippen LogP contribution is 2.19. The lowest BCUT2D eigenvalue weighted by molar-refractivity contribution is 1.07. The third-order valence-electron chi connectivity index (χ3n) is 4.17. The molecule has 0 atom stereocenters. The quantitative estimate of drug-likeness (QED) is 0.712. The molecule has 0 saturated heterocycles. The van der Waals surface area contributed by atoms with Gasteiger partial charge in [-0.05, 0) is 55.2 Å². The van der Waals surface area contributed by atoms with Crippen LogP contribution in [0, 0.1) is 20.8 Å². The third-order valence-corrected chi connectivity index (χ3v) is 4.17. The molecular formula is C20H22N4. The van der Waals surface area contributed by atoms with Crippen molar-refractivity contribution in [3.8, 4) is 0 Å². The Hall–Kier alpha value is -2.88. The largest absolute Gasteiger partial charge is 0.366 e. The molecule has 2 aromatic carbocycles. The van der Waals surface area contributed by atoms with E-state index in [9.17, 15) is 0 Å². The van der Waals surface area contributed by atoms with Gasteiger partial charge in [0.25, 0.3) is 0 Å². The summed E-state index contributed by atoms with van der Waals surface area (Å²) in [5.41, 5.74) is 6.10. The van der Waals surface area contributed by atoms with Crippen molar-refractivity contribution < 1.29 is 0 Å². The van der Waals surface area contributed by atoms with E-state index in [1.54, 1.807) is 6.33 Å². The summed E-state index contributed by atoms with van der Waals surface area (Å²) in [4.78, 5) is 8.59. The molecule has 24 heavy (non-hydrogen) atoms. The van der Waals surface area contributed by atoms with Crippen LogP contribution in [0.2, 0.25) is 0 Å². The standard InChI is InChI=1S/C20H22N4/c1-14-8-9-18(10-16(14)3)24-20-11-19(22-13-23-20)21-12-17-7-5-4-6-15(17)2/h4-11,13H,12H2,1-3H3,(H2,21,22,23,24). The molecule has 0 radical (unpaired) electrons. The average molecular weight is 318 g/mol. The minimum atomic E-state index is 0.743. The fourth-order valence-corrected chi connectivity index (χ4v) is 2.48. The van der Waals surface area contributed by atoms with Gasteiger partial charge in [-0.15, -0.1) is 0 Å². The number of anilines is 3. The Morgan fingerprint density at radius 1 is 0.792 bits per heavy atom. The second-order valence-electron chi connectivity index (χ2n) is 5.99. The zero-order valence-electron chi connectivity index (χ0n) is 14.3. The van der Waals surface area contributed by atoms with Crippen LogP contribution in [-0.4, -0.2) is 9.97 Å². The van der Waals surface area contributed by atoms with E-state index in [1.807, 2.05) is 6.07 Å². The first kappa shape index (κ1) is 16.0. The summed E-state index contributed by atoms with van der Waals surface area (Å²) in [6, 6.07) is 16.6. The molecule has 2 N–H and O–H groups in total. The number of benzene rings is 2. The van der Waals surface area contributed by atoms with Crippen LogP contribution in [0.1, 0.15) is 22.3 Å². The van der Waals surface area contributed by atoms with Crippen molar-refractivity contribution in [1.82, 2.24) is 9.97 Å². The Bertz CT molecular complexity index is 843. The Labute approximate surface area is 143 Å². The summed E-state index contributed by atoms with van der Waals surface area (Å²) < 4.78 is 0. The van der Waals surface area contributed by atoms with E-state index in [0.29, 0.717) is 0 Å². The summed E-state index contributed by atoms with van der Waals surface area (Å²) in [5, 5.41) is 6.69. The molecule has 0 aliphatic heterocycles. The van der Waals surface area contributed by atoms with Crippen LogP contribution in [0.15, 0.2) is 54.9 Å². The van der Waals surface area contributed by atoms with E-state index in [0.717, 1.165) is 23.9 Å². The van der Waals surface area contributed by atoms with Crippen molar-refractivity contribution in [2.75, 3.05) is 10.6 Å². The number of hydrogen-bond donors (Lipinski definition) is 2. The van der Waals surface area contributed by atoms with E-state index in [-0.39, 0.29) is 0 Å². The van der Waals surface area contributed by atoms with Gasteiger partial charge >= 0.3 is 0 Å². The number of nitrogens with one attached hydrogen (secondary N) is 2. The van der Waals surface area contributed by atoms with Crippen molar-refractivity contribution in [1.29, 1.82) is 0 Å². The molecule has 0 amide bonds. The first-order chi connectivity index (χ1) is 11.6. The molecule has 0 bridgehead atoms. The maximum Gasteiger partial charge on any atom is 0.135 e. The van der Waals surface area contributed by atoms with Crippen molar-refractivity contribution >= 4 is 17.3 Å². The number of hydrogen-bond acceptors (Lipinski definition) is 4. The highest BCUT2D eigenvalue weighted by atomic mass is 15.1. The SMILES string of the molecule is Cc1ccc(Nc2cc(NCc3ccccc3C)ncn2)cc1C. The van der Waals surface area contributed by atoms with E-state index in [2.05, 4.69) is 83.8 Å². The summed E-state index contributed by atoms with van der Waals surface area (Å²) in [5.74, 6) is 1.58. The van der Waals surface area contributed by atoms with Gasteiger partial charge in [0.1, 0.15) is 18.0 Å². The molecule has 0 aliphatic carbocycles.